The number of nitrogens with zero attached hydrogens (tertiary/aromatic N) is 1. The summed E-state index contributed by atoms with van der Waals surface area (Å²) in [6.45, 7) is -0.978. The van der Waals surface area contributed by atoms with E-state index in [0.717, 1.165) is 16.8 Å². The van der Waals surface area contributed by atoms with Gasteiger partial charge in [-0.1, -0.05) is 0 Å². The molecule has 0 aliphatic carbocycles. The van der Waals surface area contributed by atoms with Gasteiger partial charge in [-0.3, -0.25) is 28.2 Å². The Bertz CT molecular complexity index is 1260. The molecule has 0 aromatic carbocycles. The highest BCUT2D eigenvalue weighted by molar-refractivity contribution is 7.56. The number of ether oxygens (including phenoxy) is 2. The number of hydrogen-bond donors (Lipinski definition) is 9. The summed E-state index contributed by atoms with van der Waals surface area (Å²) in [5, 5.41) is 55.9. The predicted molar refractivity (Wildman–Crippen MR) is 142 cm³/mol. The number of amides is 1. The number of carbonyl (C=O) groups is 1. The number of aromatic amines is 1. The molecule has 20 nitrogen and oxygen atoms in total. The minimum Gasteiger partial charge on any atom is -0.394 e. The molecule has 0 bridgehead atoms. The van der Waals surface area contributed by atoms with Gasteiger partial charge < -0.3 is 55.1 Å². The van der Waals surface area contributed by atoms with Gasteiger partial charge in [-0.2, -0.15) is 0 Å². The second-order valence-electron chi connectivity index (χ2n) is 9.65. The molecule has 22 heteroatoms. The van der Waals surface area contributed by atoms with Crippen LogP contribution in [0.3, 0.4) is 0 Å². The fourth-order valence-electron chi connectivity index (χ4n) is 4.32. The Morgan fingerprint density at radius 3 is 2.47 bits per heavy atom. The van der Waals surface area contributed by atoms with Gasteiger partial charge >= 0.3 is 21.8 Å². The molecule has 2 saturated heterocycles. The highest BCUT2D eigenvalue weighted by Crippen LogP contribution is 2.54. The van der Waals surface area contributed by atoms with E-state index in [4.69, 9.17) is 18.5 Å². The molecule has 0 radical (unpaired) electrons. The predicted octanol–water partition coefficient (Wildman–Crippen LogP) is -3.99. The first-order valence-electron chi connectivity index (χ1n) is 13.0. The van der Waals surface area contributed by atoms with Crippen molar-refractivity contribution in [2.75, 3.05) is 26.8 Å². The summed E-state index contributed by atoms with van der Waals surface area (Å²) >= 11 is 0. The molecule has 2 fully saturated rings. The van der Waals surface area contributed by atoms with E-state index in [0.29, 0.717) is 19.4 Å². The molecule has 8 unspecified atom stereocenters. The van der Waals surface area contributed by atoms with Gasteiger partial charge in [0.1, 0.15) is 42.7 Å². The van der Waals surface area contributed by atoms with Crippen LogP contribution in [-0.4, -0.2) is 122 Å². The van der Waals surface area contributed by atoms with Crippen LogP contribution >= 0.6 is 16.1 Å². The van der Waals surface area contributed by atoms with Crippen LogP contribution in [0, 0.1) is 0 Å². The van der Waals surface area contributed by atoms with Gasteiger partial charge in [-0.05, 0) is 26.4 Å². The maximum atomic E-state index is 12.6. The normalized spacial score (nSPS) is 33.1. The van der Waals surface area contributed by atoms with Crippen molar-refractivity contribution in [1.29, 1.82) is 0 Å². The third-order valence-electron chi connectivity index (χ3n) is 6.54. The van der Waals surface area contributed by atoms with Crippen molar-refractivity contribution < 1.29 is 67.2 Å². The SMILES string of the molecule is CNCCCCC(=O)NC1[C@@H](OP(=O)(O)O[PH](=O)OCC2OC(n3ccc(=O)[nH]c3=O)C(O)C2O)OC(CO)[C@H](O)[C@@H]1O. The molecule has 1 aromatic rings. The second kappa shape index (κ2) is 15.9. The summed E-state index contributed by atoms with van der Waals surface area (Å²) in [5.41, 5.74) is -1.67. The third kappa shape index (κ3) is 9.56. The largest absolute Gasteiger partial charge is 0.481 e. The molecule has 9 N–H and O–H groups in total. The molecule has 11 atom stereocenters. The first kappa shape index (κ1) is 35.6. The number of nitrogens with one attached hydrogen (secondary N) is 3. The standard InChI is InChI=1S/C21H36N4O16P2/c1-22-6-3-2-4-12(27)23-14-17(31)15(29)10(8-26)39-20(14)40-43(35,36)41-42(34)37-9-11-16(30)18(32)19(38-11)25-7-5-13(28)24-21(25)33/h5,7,10-11,14-20,22,26,29-32,42H,2-4,6,8-9H2,1H3,(H,23,27)(H,35,36)(H,24,28,33)/t10?,11?,14?,15-,16?,17+,18?,19?,20+/m0/s1. The molecule has 0 saturated carbocycles. The summed E-state index contributed by atoms with van der Waals surface area (Å²) in [6.07, 6.45) is -11.1. The summed E-state index contributed by atoms with van der Waals surface area (Å²) in [6, 6.07) is -0.641. The Labute approximate surface area is 244 Å². The molecule has 2 aliphatic heterocycles. The molecule has 3 heterocycles. The summed E-state index contributed by atoms with van der Waals surface area (Å²) in [7, 11) is -7.53. The Hall–Kier alpha value is -1.87. The quantitative estimate of drug-likeness (QED) is 0.0639. The van der Waals surface area contributed by atoms with E-state index in [1.807, 2.05) is 4.98 Å². The van der Waals surface area contributed by atoms with Crippen molar-refractivity contribution in [3.63, 3.8) is 0 Å². The lowest BCUT2D eigenvalue weighted by atomic mass is 9.97. The molecule has 0 spiro atoms. The number of hydrogen-bond acceptors (Lipinski definition) is 16. The average molecular weight is 662 g/mol. The van der Waals surface area contributed by atoms with Gasteiger partial charge in [-0.25, -0.2) is 13.7 Å². The summed E-state index contributed by atoms with van der Waals surface area (Å²) in [5.74, 6) is -0.614. The molecule has 246 valence electrons. The summed E-state index contributed by atoms with van der Waals surface area (Å²) in [4.78, 5) is 47.8. The van der Waals surface area contributed by atoms with Crippen LogP contribution in [0.2, 0.25) is 0 Å². The van der Waals surface area contributed by atoms with Gasteiger partial charge in [0.05, 0.1) is 13.2 Å². The lowest BCUT2D eigenvalue weighted by Gasteiger charge is -2.42. The van der Waals surface area contributed by atoms with Crippen molar-refractivity contribution in [3.8, 4) is 0 Å². The average Bonchev–Trinajstić information content (AvgIpc) is 3.22. The van der Waals surface area contributed by atoms with Gasteiger partial charge in [-0.15, -0.1) is 0 Å². The van der Waals surface area contributed by atoms with Gasteiger partial charge in [0.15, 0.2) is 12.5 Å². The fourth-order valence-corrected chi connectivity index (χ4v) is 6.20. The zero-order valence-electron chi connectivity index (χ0n) is 22.8. The Morgan fingerprint density at radius 1 is 1.12 bits per heavy atom. The number of carbonyl (C=O) groups excluding carboxylic acids is 1. The van der Waals surface area contributed by atoms with Gasteiger partial charge in [0.2, 0.25) is 5.91 Å². The minimum atomic E-state index is -5.35. The molecule has 43 heavy (non-hydrogen) atoms. The molecule has 3 rings (SSSR count). The highest BCUT2D eigenvalue weighted by atomic mass is 31.2. The number of aliphatic hydroxyl groups is 5. The van der Waals surface area contributed by atoms with E-state index in [9.17, 15) is 53.9 Å². The molecule has 1 aromatic heterocycles. The molecular weight excluding hydrogens is 626 g/mol. The van der Waals surface area contributed by atoms with Gasteiger partial charge in [0.25, 0.3) is 5.56 Å². The number of phosphoric ester groups is 1. The smallest absolute Gasteiger partial charge is 0.394 e. The first-order valence-corrected chi connectivity index (χ1v) is 15.8. The van der Waals surface area contributed by atoms with E-state index in [-0.39, 0.29) is 6.42 Å². The lowest BCUT2D eigenvalue weighted by Crippen LogP contribution is -2.64. The monoisotopic (exact) mass is 662 g/mol. The van der Waals surface area contributed by atoms with E-state index in [2.05, 4.69) is 14.9 Å². The van der Waals surface area contributed by atoms with Crippen LogP contribution in [0.15, 0.2) is 21.9 Å². The van der Waals surface area contributed by atoms with Crippen LogP contribution < -0.4 is 21.9 Å². The first-order chi connectivity index (χ1) is 20.3. The number of aliphatic hydroxyl groups excluding tert-OH is 5. The van der Waals surface area contributed by atoms with Crippen LogP contribution in [0.4, 0.5) is 0 Å². The minimum absolute atomic E-state index is 0.00649. The Balaban J connectivity index is 1.60. The number of aromatic nitrogens is 2. The second-order valence-corrected chi connectivity index (χ2v) is 12.3. The Morgan fingerprint density at radius 2 is 1.81 bits per heavy atom. The zero-order chi connectivity index (χ0) is 31.9. The third-order valence-corrected chi connectivity index (χ3v) is 8.94. The van der Waals surface area contributed by atoms with Crippen molar-refractivity contribution in [2.24, 2.45) is 0 Å². The van der Waals surface area contributed by atoms with Crippen molar-refractivity contribution in [2.45, 2.75) is 74.4 Å². The molecule has 2 aliphatic rings. The fraction of sp³-hybridized carbons (Fsp3) is 0.762. The van der Waals surface area contributed by atoms with Crippen molar-refractivity contribution in [3.05, 3.63) is 33.1 Å². The van der Waals surface area contributed by atoms with Crippen molar-refractivity contribution in [1.82, 2.24) is 20.2 Å². The van der Waals surface area contributed by atoms with Gasteiger partial charge in [0, 0.05) is 18.7 Å². The van der Waals surface area contributed by atoms with Crippen molar-refractivity contribution >= 4 is 22.0 Å². The number of phosphoric acid groups is 1. The van der Waals surface area contributed by atoms with E-state index < -0.39 is 102 Å². The van der Waals surface area contributed by atoms with Crippen LogP contribution in [-0.2, 0) is 36.8 Å². The van der Waals surface area contributed by atoms with Crippen LogP contribution in [0.1, 0.15) is 25.5 Å². The topological polar surface area (TPSA) is 298 Å². The van der Waals surface area contributed by atoms with E-state index >= 15 is 0 Å². The highest BCUT2D eigenvalue weighted by Gasteiger charge is 2.49. The number of rotatable bonds is 15. The lowest BCUT2D eigenvalue weighted by molar-refractivity contribution is -0.247. The van der Waals surface area contributed by atoms with E-state index in [1.165, 1.54) is 0 Å². The van der Waals surface area contributed by atoms with Crippen LogP contribution in [0.5, 0.6) is 0 Å². The summed E-state index contributed by atoms with van der Waals surface area (Å²) < 4.78 is 50.6. The zero-order valence-corrected chi connectivity index (χ0v) is 24.6. The number of unbranched alkanes of at least 4 members (excludes halogenated alkanes) is 1. The maximum Gasteiger partial charge on any atom is 0.481 e. The maximum absolute atomic E-state index is 12.6. The van der Waals surface area contributed by atoms with E-state index in [1.54, 1.807) is 7.05 Å². The van der Waals surface area contributed by atoms with Crippen LogP contribution in [0.25, 0.3) is 0 Å². The molecular formula is C21H36N4O16P2. The number of H-pyrrole nitrogens is 1. The Kier molecular flexibility index (Phi) is 13.2. The molecule has 1 amide bonds.